The third-order valence-electron chi connectivity index (χ3n) is 5.47. The van der Waals surface area contributed by atoms with Gasteiger partial charge >= 0.3 is 0 Å². The lowest BCUT2D eigenvalue weighted by molar-refractivity contribution is -0.115. The van der Waals surface area contributed by atoms with Crippen molar-refractivity contribution in [3.63, 3.8) is 0 Å². The first-order valence-electron chi connectivity index (χ1n) is 10.0. The van der Waals surface area contributed by atoms with Crippen LogP contribution in [0, 0.1) is 6.92 Å². The number of aryl methyl sites for hydroxylation is 2. The van der Waals surface area contributed by atoms with Crippen molar-refractivity contribution >= 4 is 34.6 Å². The highest BCUT2D eigenvalue weighted by Crippen LogP contribution is 2.42. The summed E-state index contributed by atoms with van der Waals surface area (Å²) < 4.78 is 2.12. The van der Waals surface area contributed by atoms with E-state index in [1.54, 1.807) is 6.20 Å². The fraction of sp³-hybridized carbons (Fsp3) is 0.261. The maximum atomic E-state index is 11.8. The Bertz CT molecular complexity index is 1080. The van der Waals surface area contributed by atoms with Crippen LogP contribution in [0.15, 0.2) is 60.9 Å². The molecule has 6 nitrogen and oxygen atoms in total. The third-order valence-corrected chi connectivity index (χ3v) is 5.78. The van der Waals surface area contributed by atoms with Gasteiger partial charge in [-0.1, -0.05) is 13.0 Å². The zero-order valence-electron chi connectivity index (χ0n) is 17.3. The highest BCUT2D eigenvalue weighted by atomic mass is 32.1. The van der Waals surface area contributed by atoms with Crippen LogP contribution in [0.3, 0.4) is 0 Å². The second-order valence-electron chi connectivity index (χ2n) is 7.44. The largest absolute Gasteiger partial charge is 0.353 e. The fourth-order valence-corrected chi connectivity index (χ4v) is 4.24. The molecule has 0 aliphatic carbocycles. The van der Waals surface area contributed by atoms with Crippen LogP contribution < -0.4 is 15.5 Å². The molecule has 1 saturated heterocycles. The van der Waals surface area contributed by atoms with Gasteiger partial charge in [-0.2, -0.15) is 0 Å². The van der Waals surface area contributed by atoms with Gasteiger partial charge in [0.25, 0.3) is 0 Å². The van der Waals surface area contributed by atoms with Gasteiger partial charge in [-0.15, -0.1) is 0 Å². The van der Waals surface area contributed by atoms with Gasteiger partial charge in [0.2, 0.25) is 5.91 Å². The minimum Gasteiger partial charge on any atom is -0.353 e. The van der Waals surface area contributed by atoms with Crippen molar-refractivity contribution in [3.8, 4) is 0 Å². The summed E-state index contributed by atoms with van der Waals surface area (Å²) in [5, 5.41) is 7.08. The summed E-state index contributed by atoms with van der Waals surface area (Å²) in [5.41, 5.74) is 4.87. The first-order valence-corrected chi connectivity index (χ1v) is 10.4. The van der Waals surface area contributed by atoms with E-state index in [-0.39, 0.29) is 18.0 Å². The van der Waals surface area contributed by atoms with Gasteiger partial charge in [0.1, 0.15) is 6.04 Å². The molecule has 1 aromatic carbocycles. The number of thiocarbonyl (C=S) groups is 1. The first-order chi connectivity index (χ1) is 14.5. The van der Waals surface area contributed by atoms with Crippen LogP contribution in [0.4, 0.5) is 11.4 Å². The number of carbonyl (C=O) groups is 1. The monoisotopic (exact) mass is 419 g/mol. The van der Waals surface area contributed by atoms with Gasteiger partial charge in [0.05, 0.1) is 11.7 Å². The molecule has 1 aliphatic heterocycles. The summed E-state index contributed by atoms with van der Waals surface area (Å²) in [7, 11) is 2.04. The molecule has 154 valence electrons. The van der Waals surface area contributed by atoms with E-state index in [1.165, 1.54) is 0 Å². The van der Waals surface area contributed by atoms with Gasteiger partial charge < -0.3 is 20.1 Å². The maximum absolute atomic E-state index is 11.8. The van der Waals surface area contributed by atoms with E-state index in [1.807, 2.05) is 63.5 Å². The molecular formula is C23H25N5OS. The lowest BCUT2D eigenvalue weighted by atomic mass is 10.0. The molecule has 4 rings (SSSR count). The van der Waals surface area contributed by atoms with E-state index >= 15 is 0 Å². The Hall–Kier alpha value is -3.19. The van der Waals surface area contributed by atoms with Crippen LogP contribution >= 0.6 is 12.2 Å². The SMILES string of the molecule is CCC(=O)Nc1ccc(N2C(=S)N[C@@H](c3ccccn3)[C@@H]2c2cccn2C)cc1C. The zero-order chi connectivity index (χ0) is 21.3. The van der Waals surface area contributed by atoms with E-state index in [0.717, 1.165) is 28.3 Å². The van der Waals surface area contributed by atoms with Gasteiger partial charge in [-0.25, -0.2) is 0 Å². The summed E-state index contributed by atoms with van der Waals surface area (Å²) in [6.07, 6.45) is 4.29. The molecule has 1 fully saturated rings. The molecule has 0 bridgehead atoms. The number of hydrogen-bond acceptors (Lipinski definition) is 3. The molecule has 0 unspecified atom stereocenters. The zero-order valence-corrected chi connectivity index (χ0v) is 18.1. The number of carbonyl (C=O) groups excluding carboxylic acids is 1. The molecule has 30 heavy (non-hydrogen) atoms. The highest BCUT2D eigenvalue weighted by molar-refractivity contribution is 7.80. The molecule has 3 aromatic rings. The Balaban J connectivity index is 1.76. The van der Waals surface area contributed by atoms with E-state index in [2.05, 4.69) is 37.2 Å². The van der Waals surface area contributed by atoms with Gasteiger partial charge in [0.15, 0.2) is 5.11 Å². The maximum Gasteiger partial charge on any atom is 0.224 e. The fourth-order valence-electron chi connectivity index (χ4n) is 3.89. The Morgan fingerprint density at radius 3 is 2.70 bits per heavy atom. The van der Waals surface area contributed by atoms with Gasteiger partial charge in [0, 0.05) is 42.9 Å². The van der Waals surface area contributed by atoms with Crippen LogP contribution in [0.25, 0.3) is 0 Å². The predicted octanol–water partition coefficient (Wildman–Crippen LogP) is 4.25. The molecule has 1 amide bonds. The minimum atomic E-state index is -0.0768. The summed E-state index contributed by atoms with van der Waals surface area (Å²) >= 11 is 5.77. The molecule has 0 spiro atoms. The number of hydrogen-bond donors (Lipinski definition) is 2. The van der Waals surface area contributed by atoms with E-state index in [9.17, 15) is 4.79 Å². The van der Waals surface area contributed by atoms with Crippen molar-refractivity contribution in [1.82, 2.24) is 14.9 Å². The van der Waals surface area contributed by atoms with Crippen LogP contribution in [0.5, 0.6) is 0 Å². The quantitative estimate of drug-likeness (QED) is 0.605. The van der Waals surface area contributed by atoms with Crippen LogP contribution in [0.2, 0.25) is 0 Å². The Morgan fingerprint density at radius 1 is 1.23 bits per heavy atom. The second-order valence-corrected chi connectivity index (χ2v) is 7.83. The summed E-state index contributed by atoms with van der Waals surface area (Å²) in [6.45, 7) is 3.84. The smallest absolute Gasteiger partial charge is 0.224 e. The normalized spacial score (nSPS) is 18.4. The molecule has 0 saturated carbocycles. The minimum absolute atomic E-state index is 0.00103. The average Bonchev–Trinajstić information content (AvgIpc) is 3.32. The first kappa shape index (κ1) is 20.1. The number of rotatable bonds is 5. The molecule has 3 heterocycles. The van der Waals surface area contributed by atoms with Crippen molar-refractivity contribution < 1.29 is 4.79 Å². The van der Waals surface area contributed by atoms with Crippen molar-refractivity contribution in [1.29, 1.82) is 0 Å². The van der Waals surface area contributed by atoms with Crippen LogP contribution in [0.1, 0.15) is 42.4 Å². The predicted molar refractivity (Wildman–Crippen MR) is 123 cm³/mol. The Kier molecular flexibility index (Phi) is 5.55. The summed E-state index contributed by atoms with van der Waals surface area (Å²) in [5.74, 6) is 0.00103. The molecule has 2 atom stereocenters. The standard InChI is InChI=1S/C23H25N5OS/c1-4-20(29)25-17-11-10-16(14-15(17)2)28-22(19-9-7-13-27(19)3)21(26-23(28)30)18-8-5-6-12-24-18/h5-14,21-22H,4H2,1-3H3,(H,25,29)(H,26,30)/t21-,22-/m0/s1. The molecule has 2 N–H and O–H groups in total. The lowest BCUT2D eigenvalue weighted by Crippen LogP contribution is -2.30. The number of nitrogens with zero attached hydrogens (tertiary/aromatic N) is 3. The number of anilines is 2. The molecule has 0 radical (unpaired) electrons. The molecule has 7 heteroatoms. The van der Waals surface area contributed by atoms with Gasteiger partial charge in [-0.3, -0.25) is 9.78 Å². The van der Waals surface area contributed by atoms with Crippen molar-refractivity contribution in [3.05, 3.63) is 77.9 Å². The highest BCUT2D eigenvalue weighted by Gasteiger charge is 2.41. The van der Waals surface area contributed by atoms with Crippen molar-refractivity contribution in [2.24, 2.45) is 7.05 Å². The van der Waals surface area contributed by atoms with Crippen LogP contribution in [-0.2, 0) is 11.8 Å². The summed E-state index contributed by atoms with van der Waals surface area (Å²) in [6, 6.07) is 16.0. The topological polar surface area (TPSA) is 62.2 Å². The Morgan fingerprint density at radius 2 is 2.07 bits per heavy atom. The number of benzene rings is 1. The van der Waals surface area contributed by atoms with E-state index < -0.39 is 0 Å². The average molecular weight is 420 g/mol. The number of nitrogens with one attached hydrogen (secondary N) is 2. The van der Waals surface area contributed by atoms with Crippen molar-refractivity contribution in [2.75, 3.05) is 10.2 Å². The second kappa shape index (κ2) is 8.28. The van der Waals surface area contributed by atoms with Crippen LogP contribution in [-0.4, -0.2) is 20.6 Å². The third kappa shape index (κ3) is 3.68. The van der Waals surface area contributed by atoms with E-state index in [4.69, 9.17) is 12.2 Å². The van der Waals surface area contributed by atoms with E-state index in [0.29, 0.717) is 11.5 Å². The van der Waals surface area contributed by atoms with Gasteiger partial charge in [-0.05, 0) is 67.2 Å². The Labute approximate surface area is 181 Å². The molecule has 1 aliphatic rings. The summed E-state index contributed by atoms with van der Waals surface area (Å²) in [4.78, 5) is 18.5. The number of pyridine rings is 1. The molecular weight excluding hydrogens is 394 g/mol. The number of aromatic nitrogens is 2. The molecule has 2 aromatic heterocycles. The lowest BCUT2D eigenvalue weighted by Gasteiger charge is -2.28. The van der Waals surface area contributed by atoms with Crippen molar-refractivity contribution in [2.45, 2.75) is 32.4 Å². The number of amides is 1.